The highest BCUT2D eigenvalue weighted by Crippen LogP contribution is 2.32. The van der Waals surface area contributed by atoms with E-state index in [4.69, 9.17) is 9.84 Å². The number of amides is 1. The number of carboxylic acid groups (broad SMARTS) is 1. The van der Waals surface area contributed by atoms with Crippen molar-refractivity contribution in [2.45, 2.75) is 70.3 Å². The topological polar surface area (TPSA) is 77.9 Å². The highest BCUT2D eigenvalue weighted by molar-refractivity contribution is 5.64. The van der Waals surface area contributed by atoms with Crippen LogP contribution in [0.5, 0.6) is 5.75 Å². The second-order valence-corrected chi connectivity index (χ2v) is 9.41. The average Bonchev–Trinajstić information content (AvgIpc) is 3.21. The predicted octanol–water partition coefficient (Wildman–Crippen LogP) is 3.92. The number of rotatable bonds is 5. The first-order chi connectivity index (χ1) is 15.2. The van der Waals surface area contributed by atoms with E-state index in [1.54, 1.807) is 0 Å². The quantitative estimate of drug-likeness (QED) is 0.737. The minimum Gasteiger partial charge on any atom is -0.493 e. The van der Waals surface area contributed by atoms with Gasteiger partial charge in [0.05, 0.1) is 6.61 Å². The van der Waals surface area contributed by atoms with E-state index in [1.807, 2.05) is 12.3 Å². The molecule has 172 valence electrons. The molecule has 4 aliphatic rings. The van der Waals surface area contributed by atoms with Crippen molar-refractivity contribution >= 4 is 11.9 Å². The molecule has 1 amide bonds. The van der Waals surface area contributed by atoms with Crippen LogP contribution in [0.3, 0.4) is 0 Å². The van der Waals surface area contributed by atoms with Crippen molar-refractivity contribution in [2.75, 3.05) is 44.2 Å². The van der Waals surface area contributed by atoms with Gasteiger partial charge in [-0.3, -0.25) is 4.90 Å². The summed E-state index contributed by atoms with van der Waals surface area (Å²) < 4.78 is 5.67. The van der Waals surface area contributed by atoms with Gasteiger partial charge in [-0.25, -0.2) is 9.78 Å². The first kappa shape index (κ1) is 22.2. The third-order valence-corrected chi connectivity index (χ3v) is 7.30. The molecule has 2 saturated carbocycles. The van der Waals surface area contributed by atoms with Crippen LogP contribution in [-0.4, -0.2) is 66.5 Å². The van der Waals surface area contributed by atoms with Gasteiger partial charge >= 0.3 is 6.09 Å². The highest BCUT2D eigenvalue weighted by Gasteiger charge is 2.26. The number of piperazine rings is 1. The monoisotopic (exact) mass is 430 g/mol. The number of anilines is 1. The summed E-state index contributed by atoms with van der Waals surface area (Å²) in [5.41, 5.74) is 1.28. The SMILES string of the molecule is C1CCC1.O=C(O)N[C@H]1CC[C@H](CCN2CCN(c3nccc4c3CCO4)CC2)CC1. The maximum atomic E-state index is 10.7. The fraction of sp³-hybridized carbons (Fsp3) is 0.750. The van der Waals surface area contributed by atoms with E-state index in [9.17, 15) is 4.79 Å². The Morgan fingerprint density at radius 1 is 1.10 bits per heavy atom. The number of hydrogen-bond donors (Lipinski definition) is 2. The van der Waals surface area contributed by atoms with Crippen LogP contribution in [0.4, 0.5) is 10.6 Å². The molecule has 3 fully saturated rings. The smallest absolute Gasteiger partial charge is 0.404 e. The molecule has 0 spiro atoms. The van der Waals surface area contributed by atoms with Gasteiger partial charge in [-0.15, -0.1) is 0 Å². The molecule has 0 bridgehead atoms. The molecule has 0 aromatic carbocycles. The minimum absolute atomic E-state index is 0.159. The maximum Gasteiger partial charge on any atom is 0.404 e. The van der Waals surface area contributed by atoms with Crippen LogP contribution in [0.2, 0.25) is 0 Å². The fourth-order valence-corrected chi connectivity index (χ4v) is 4.94. The normalized spacial score (nSPS) is 25.5. The lowest BCUT2D eigenvalue weighted by atomic mass is 9.84. The van der Waals surface area contributed by atoms with Crippen LogP contribution in [0, 0.1) is 5.92 Å². The Kier molecular flexibility index (Phi) is 7.89. The van der Waals surface area contributed by atoms with Gasteiger partial charge in [0, 0.05) is 50.4 Å². The highest BCUT2D eigenvalue weighted by atomic mass is 16.5. The lowest BCUT2D eigenvalue weighted by Gasteiger charge is -2.37. The number of pyridine rings is 1. The second-order valence-electron chi connectivity index (χ2n) is 9.41. The van der Waals surface area contributed by atoms with Crippen molar-refractivity contribution in [1.82, 2.24) is 15.2 Å². The van der Waals surface area contributed by atoms with E-state index >= 15 is 0 Å². The van der Waals surface area contributed by atoms with E-state index in [-0.39, 0.29) is 6.04 Å². The summed E-state index contributed by atoms with van der Waals surface area (Å²) in [6, 6.07) is 2.13. The Hall–Kier alpha value is -2.02. The van der Waals surface area contributed by atoms with Crippen molar-refractivity contribution in [2.24, 2.45) is 5.92 Å². The molecule has 1 aromatic heterocycles. The second kappa shape index (κ2) is 11.0. The van der Waals surface area contributed by atoms with Gasteiger partial charge in [-0.1, -0.05) is 25.7 Å². The summed E-state index contributed by atoms with van der Waals surface area (Å²) in [6.07, 6.45) is 13.4. The molecular formula is C24H38N4O3. The third-order valence-electron chi connectivity index (χ3n) is 7.30. The number of nitrogens with zero attached hydrogens (tertiary/aromatic N) is 3. The summed E-state index contributed by atoms with van der Waals surface area (Å²) in [5.74, 6) is 2.87. The number of hydrogen-bond acceptors (Lipinski definition) is 5. The summed E-state index contributed by atoms with van der Waals surface area (Å²) in [4.78, 5) is 20.3. The van der Waals surface area contributed by atoms with E-state index in [2.05, 4.69) is 20.1 Å². The van der Waals surface area contributed by atoms with Gasteiger partial charge in [0.1, 0.15) is 11.6 Å². The van der Waals surface area contributed by atoms with Gasteiger partial charge in [0.25, 0.3) is 0 Å². The zero-order valence-electron chi connectivity index (χ0n) is 18.7. The molecule has 0 atom stereocenters. The van der Waals surface area contributed by atoms with Gasteiger partial charge in [-0.2, -0.15) is 0 Å². The van der Waals surface area contributed by atoms with Gasteiger partial charge in [0.15, 0.2) is 0 Å². The first-order valence-corrected chi connectivity index (χ1v) is 12.3. The Morgan fingerprint density at radius 3 is 2.45 bits per heavy atom. The Bertz CT molecular complexity index is 705. The Labute approximate surface area is 186 Å². The molecule has 2 N–H and O–H groups in total. The molecule has 7 heteroatoms. The van der Waals surface area contributed by atoms with Gasteiger partial charge in [-0.05, 0) is 50.6 Å². The molecule has 1 saturated heterocycles. The minimum atomic E-state index is -0.888. The standard InChI is InChI=1S/C20H30N4O3.C4H8/c25-20(26)22-16-3-1-15(2-4-16)6-9-23-10-12-24(13-11-23)19-17-7-14-27-18(17)5-8-21-19;1-2-4-3-1/h5,8,15-16,22H,1-4,6-7,9-14H2,(H,25,26);1-4H2/t15-,16-;. The molecule has 31 heavy (non-hydrogen) atoms. The summed E-state index contributed by atoms with van der Waals surface area (Å²) in [5, 5.41) is 11.5. The molecule has 0 radical (unpaired) electrons. The van der Waals surface area contributed by atoms with Crippen molar-refractivity contribution in [3.63, 3.8) is 0 Å². The summed E-state index contributed by atoms with van der Waals surface area (Å²) >= 11 is 0. The fourth-order valence-electron chi connectivity index (χ4n) is 4.94. The molecule has 1 aromatic rings. The van der Waals surface area contributed by atoms with Crippen LogP contribution in [0.15, 0.2) is 12.3 Å². The molecule has 0 unspecified atom stereocenters. The lowest BCUT2D eigenvalue weighted by molar-refractivity contribution is 0.177. The van der Waals surface area contributed by atoms with Crippen molar-refractivity contribution in [1.29, 1.82) is 0 Å². The third kappa shape index (κ3) is 6.25. The van der Waals surface area contributed by atoms with Crippen molar-refractivity contribution in [3.8, 4) is 5.75 Å². The van der Waals surface area contributed by atoms with E-state index in [0.717, 1.165) is 88.9 Å². The molecule has 7 nitrogen and oxygen atoms in total. The molecule has 2 aliphatic heterocycles. The van der Waals surface area contributed by atoms with Crippen LogP contribution < -0.4 is 15.0 Å². The van der Waals surface area contributed by atoms with Crippen molar-refractivity contribution in [3.05, 3.63) is 17.8 Å². The van der Waals surface area contributed by atoms with Crippen LogP contribution >= 0.6 is 0 Å². The first-order valence-electron chi connectivity index (χ1n) is 12.3. The van der Waals surface area contributed by atoms with Crippen molar-refractivity contribution < 1.29 is 14.6 Å². The molecule has 5 rings (SSSR count). The van der Waals surface area contributed by atoms with Crippen LogP contribution in [0.1, 0.15) is 63.4 Å². The zero-order valence-corrected chi connectivity index (χ0v) is 18.7. The predicted molar refractivity (Wildman–Crippen MR) is 122 cm³/mol. The van der Waals surface area contributed by atoms with Crippen LogP contribution in [0.25, 0.3) is 0 Å². The Balaban J connectivity index is 0.000000520. The summed E-state index contributed by atoms with van der Waals surface area (Å²) in [6.45, 7) is 6.15. The van der Waals surface area contributed by atoms with Gasteiger partial charge < -0.3 is 20.1 Å². The molecular weight excluding hydrogens is 392 g/mol. The van der Waals surface area contributed by atoms with E-state index < -0.39 is 6.09 Å². The number of fused-ring (bicyclic) bond motifs is 1. The molecule has 3 heterocycles. The summed E-state index contributed by atoms with van der Waals surface area (Å²) in [7, 11) is 0. The van der Waals surface area contributed by atoms with E-state index in [1.165, 1.54) is 37.7 Å². The maximum absolute atomic E-state index is 10.7. The molecule has 2 aliphatic carbocycles. The number of aromatic nitrogens is 1. The number of ether oxygens (including phenoxy) is 1. The number of nitrogens with one attached hydrogen (secondary N) is 1. The zero-order chi connectivity index (χ0) is 21.5. The van der Waals surface area contributed by atoms with Crippen LogP contribution in [-0.2, 0) is 6.42 Å². The van der Waals surface area contributed by atoms with E-state index in [0.29, 0.717) is 0 Å². The lowest BCUT2D eigenvalue weighted by Crippen LogP contribution is -2.47. The largest absolute Gasteiger partial charge is 0.493 e. The number of carbonyl (C=O) groups is 1. The Morgan fingerprint density at radius 2 is 1.81 bits per heavy atom. The van der Waals surface area contributed by atoms with Gasteiger partial charge in [0.2, 0.25) is 0 Å². The average molecular weight is 431 g/mol.